The third-order valence-electron chi connectivity index (χ3n) is 5.20. The van der Waals surface area contributed by atoms with E-state index < -0.39 is 11.7 Å². The number of carbonyl (C=O) groups excluding carboxylic acids is 2. The van der Waals surface area contributed by atoms with Gasteiger partial charge in [-0.25, -0.2) is 9.07 Å². The van der Waals surface area contributed by atoms with Gasteiger partial charge in [-0.1, -0.05) is 44.2 Å². The van der Waals surface area contributed by atoms with E-state index in [1.807, 2.05) is 41.1 Å². The maximum atomic E-state index is 13.7. The van der Waals surface area contributed by atoms with Crippen molar-refractivity contribution in [3.63, 3.8) is 0 Å². The topological polar surface area (TPSA) is 76.0 Å². The first-order chi connectivity index (χ1) is 16.0. The molecule has 0 aliphatic heterocycles. The summed E-state index contributed by atoms with van der Waals surface area (Å²) in [4.78, 5) is 26.3. The summed E-state index contributed by atoms with van der Waals surface area (Å²) in [6.45, 7) is 4.90. The van der Waals surface area contributed by atoms with Crippen molar-refractivity contribution < 1.29 is 14.0 Å². The van der Waals surface area contributed by atoms with Crippen LogP contribution in [0.15, 0.2) is 60.7 Å². The molecule has 0 bridgehead atoms. The Morgan fingerprint density at radius 3 is 2.36 bits per heavy atom. The number of rotatable bonds is 8. The average Bonchev–Trinajstić information content (AvgIpc) is 3.39. The Morgan fingerprint density at radius 1 is 1.00 bits per heavy atom. The van der Waals surface area contributed by atoms with Gasteiger partial charge < -0.3 is 10.6 Å². The molecular weight excluding hydrogens is 439 g/mol. The van der Waals surface area contributed by atoms with Crippen molar-refractivity contribution in [3.05, 3.63) is 82.6 Å². The van der Waals surface area contributed by atoms with Crippen LogP contribution in [0.4, 0.5) is 4.39 Å². The van der Waals surface area contributed by atoms with E-state index in [-0.39, 0.29) is 17.4 Å². The summed E-state index contributed by atoms with van der Waals surface area (Å²) in [6.07, 6.45) is 0.534. The van der Waals surface area contributed by atoms with Gasteiger partial charge in [-0.15, -0.1) is 11.3 Å². The predicted octanol–water partition coefficient (Wildman–Crippen LogP) is 4.90. The van der Waals surface area contributed by atoms with E-state index in [4.69, 9.17) is 5.10 Å². The van der Waals surface area contributed by atoms with Gasteiger partial charge in [0, 0.05) is 18.5 Å². The fraction of sp³-hybridized carbons (Fsp3) is 0.240. The van der Waals surface area contributed by atoms with E-state index in [0.29, 0.717) is 24.4 Å². The Kier molecular flexibility index (Phi) is 6.84. The molecule has 0 radical (unpaired) electrons. The molecule has 0 atom stereocenters. The highest BCUT2D eigenvalue weighted by Crippen LogP contribution is 2.33. The first-order valence-electron chi connectivity index (χ1n) is 10.8. The maximum Gasteiger partial charge on any atom is 0.261 e. The molecule has 33 heavy (non-hydrogen) atoms. The number of aromatic nitrogens is 2. The largest absolute Gasteiger partial charge is 0.352 e. The lowest BCUT2D eigenvalue weighted by molar-refractivity contribution is 0.0949. The Hall–Kier alpha value is -3.52. The van der Waals surface area contributed by atoms with Gasteiger partial charge in [-0.2, -0.15) is 5.10 Å². The molecule has 6 nitrogen and oxygen atoms in total. The van der Waals surface area contributed by atoms with Crippen LogP contribution in [0.5, 0.6) is 0 Å². The second-order valence-electron chi connectivity index (χ2n) is 7.96. The Labute approximate surface area is 195 Å². The van der Waals surface area contributed by atoms with Crippen molar-refractivity contribution in [1.29, 1.82) is 0 Å². The number of nitrogens with zero attached hydrogens (tertiary/aromatic N) is 2. The number of nitrogens with one attached hydrogen (secondary N) is 2. The molecule has 4 aromatic rings. The van der Waals surface area contributed by atoms with Crippen molar-refractivity contribution in [3.8, 4) is 5.69 Å². The highest BCUT2D eigenvalue weighted by Gasteiger charge is 2.20. The summed E-state index contributed by atoms with van der Waals surface area (Å²) in [7, 11) is 0. The molecule has 2 amide bonds. The molecule has 0 spiro atoms. The van der Waals surface area contributed by atoms with E-state index in [0.717, 1.165) is 21.6 Å². The molecule has 0 saturated heterocycles. The minimum atomic E-state index is -0.553. The first kappa shape index (κ1) is 22.7. The lowest BCUT2D eigenvalue weighted by Gasteiger charge is -2.07. The number of benzene rings is 2. The molecule has 2 aromatic carbocycles. The predicted molar refractivity (Wildman–Crippen MR) is 129 cm³/mol. The molecule has 8 heteroatoms. The number of fused-ring (bicyclic) bond motifs is 1. The molecule has 4 rings (SSSR count). The minimum absolute atomic E-state index is 0.0141. The summed E-state index contributed by atoms with van der Waals surface area (Å²) in [6, 6.07) is 17.6. The number of halogens is 1. The monoisotopic (exact) mass is 464 g/mol. The molecule has 2 heterocycles. The molecular formula is C25H25FN4O2S. The molecule has 2 aromatic heterocycles. The summed E-state index contributed by atoms with van der Waals surface area (Å²) in [5, 5.41) is 11.3. The second-order valence-corrected chi connectivity index (χ2v) is 8.99. The van der Waals surface area contributed by atoms with Crippen LogP contribution in [0.3, 0.4) is 0 Å². The van der Waals surface area contributed by atoms with E-state index in [9.17, 15) is 14.0 Å². The van der Waals surface area contributed by atoms with Crippen LogP contribution in [0, 0.1) is 5.82 Å². The number of amides is 2. The SMILES string of the molecule is CC(C)c1nn(-c2ccccc2)c2sc(C(=O)NCCCNC(=O)c3ccccc3F)cc12. The summed E-state index contributed by atoms with van der Waals surface area (Å²) >= 11 is 1.41. The van der Waals surface area contributed by atoms with E-state index in [1.54, 1.807) is 6.07 Å². The highest BCUT2D eigenvalue weighted by atomic mass is 32.1. The average molecular weight is 465 g/mol. The number of carbonyl (C=O) groups is 2. The van der Waals surface area contributed by atoms with Gasteiger partial charge in [0.15, 0.2) is 0 Å². The van der Waals surface area contributed by atoms with E-state index in [1.165, 1.54) is 29.5 Å². The van der Waals surface area contributed by atoms with Gasteiger partial charge >= 0.3 is 0 Å². The fourth-order valence-electron chi connectivity index (χ4n) is 3.53. The van der Waals surface area contributed by atoms with Crippen molar-refractivity contribution in [2.24, 2.45) is 0 Å². The van der Waals surface area contributed by atoms with Crippen LogP contribution in [0.25, 0.3) is 15.9 Å². The summed E-state index contributed by atoms with van der Waals surface area (Å²) in [5.41, 5.74) is 1.93. The lowest BCUT2D eigenvalue weighted by Crippen LogP contribution is -2.30. The van der Waals surface area contributed by atoms with Gasteiger partial charge in [-0.05, 0) is 42.7 Å². The fourth-order valence-corrected chi connectivity index (χ4v) is 4.59. The number of hydrogen-bond acceptors (Lipinski definition) is 4. The van der Waals surface area contributed by atoms with Crippen LogP contribution in [-0.4, -0.2) is 34.7 Å². The molecule has 0 aliphatic carbocycles. The molecule has 0 unspecified atom stereocenters. The van der Waals surface area contributed by atoms with Gasteiger partial charge in [-0.3, -0.25) is 9.59 Å². The second kappa shape index (κ2) is 9.95. The molecule has 0 saturated carbocycles. The van der Waals surface area contributed by atoms with Gasteiger partial charge in [0.05, 0.1) is 21.8 Å². The van der Waals surface area contributed by atoms with Crippen LogP contribution in [0.2, 0.25) is 0 Å². The van der Waals surface area contributed by atoms with Crippen molar-refractivity contribution >= 4 is 33.4 Å². The van der Waals surface area contributed by atoms with Gasteiger partial charge in [0.25, 0.3) is 11.8 Å². The summed E-state index contributed by atoms with van der Waals surface area (Å²) < 4.78 is 15.6. The zero-order valence-corrected chi connectivity index (χ0v) is 19.3. The van der Waals surface area contributed by atoms with E-state index >= 15 is 0 Å². The number of hydrogen-bond donors (Lipinski definition) is 2. The van der Waals surface area contributed by atoms with Crippen LogP contribution in [-0.2, 0) is 0 Å². The lowest BCUT2D eigenvalue weighted by atomic mass is 10.1. The summed E-state index contributed by atoms with van der Waals surface area (Å²) in [5.74, 6) is -0.953. The highest BCUT2D eigenvalue weighted by molar-refractivity contribution is 7.20. The van der Waals surface area contributed by atoms with Crippen molar-refractivity contribution in [2.45, 2.75) is 26.2 Å². The normalized spacial score (nSPS) is 11.2. The molecule has 0 aliphatic rings. The van der Waals surface area contributed by atoms with Crippen LogP contribution >= 0.6 is 11.3 Å². The number of thiophene rings is 1. The maximum absolute atomic E-state index is 13.7. The third kappa shape index (κ3) is 4.96. The van der Waals surface area contributed by atoms with Crippen molar-refractivity contribution in [2.75, 3.05) is 13.1 Å². The molecule has 2 N–H and O–H groups in total. The Morgan fingerprint density at radius 2 is 1.67 bits per heavy atom. The van der Waals surface area contributed by atoms with Gasteiger partial charge in [0.2, 0.25) is 0 Å². The van der Waals surface area contributed by atoms with E-state index in [2.05, 4.69) is 24.5 Å². The quantitative estimate of drug-likeness (QED) is 0.364. The van der Waals surface area contributed by atoms with Crippen LogP contribution in [0.1, 0.15) is 51.9 Å². The smallest absolute Gasteiger partial charge is 0.261 e. The van der Waals surface area contributed by atoms with Crippen LogP contribution < -0.4 is 10.6 Å². The molecule has 170 valence electrons. The third-order valence-corrected chi connectivity index (χ3v) is 6.31. The zero-order chi connectivity index (χ0) is 23.4. The Bertz CT molecular complexity index is 1280. The molecule has 0 fully saturated rings. The minimum Gasteiger partial charge on any atom is -0.352 e. The first-order valence-corrected chi connectivity index (χ1v) is 11.7. The Balaban J connectivity index is 1.38. The zero-order valence-electron chi connectivity index (χ0n) is 18.5. The van der Waals surface area contributed by atoms with Crippen molar-refractivity contribution in [1.82, 2.24) is 20.4 Å². The number of para-hydroxylation sites is 1. The van der Waals surface area contributed by atoms with Gasteiger partial charge in [0.1, 0.15) is 10.6 Å². The standard InChI is InChI=1S/C25H25FN4O2S/c1-16(2)22-19-15-21(33-25(19)30(29-22)17-9-4-3-5-10-17)24(32)28-14-8-13-27-23(31)18-11-6-7-12-20(18)26/h3-7,9-12,15-16H,8,13-14H2,1-2H3,(H,27,31)(H,28,32).